The van der Waals surface area contributed by atoms with Crippen LogP contribution >= 0.6 is 0 Å². The van der Waals surface area contributed by atoms with Gasteiger partial charge in [-0.05, 0) is 19.8 Å². The quantitative estimate of drug-likeness (QED) is 0.473. The molecule has 0 aromatic carbocycles. The predicted octanol–water partition coefficient (Wildman–Crippen LogP) is -0.120. The third kappa shape index (κ3) is 6.93. The lowest BCUT2D eigenvalue weighted by molar-refractivity contribution is -0.913. The predicted molar refractivity (Wildman–Crippen MR) is 78.1 cm³/mol. The zero-order valence-corrected chi connectivity index (χ0v) is 15.0. The molecule has 0 atom stereocenters. The molecular formula is C15H31BrN2O2. The smallest absolute Gasteiger partial charge is 0.410 e. The van der Waals surface area contributed by atoms with E-state index in [1.807, 2.05) is 11.8 Å². The molecule has 1 saturated heterocycles. The maximum Gasteiger partial charge on any atom is 0.410 e. The van der Waals surface area contributed by atoms with Crippen molar-refractivity contribution in [1.29, 1.82) is 0 Å². The number of halogens is 1. The van der Waals surface area contributed by atoms with Crippen LogP contribution in [0.3, 0.4) is 0 Å². The average molecular weight is 351 g/mol. The number of unbranched alkanes of at least 4 members (excludes halogenated alkanes) is 4. The zero-order valence-electron chi connectivity index (χ0n) is 13.4. The van der Waals surface area contributed by atoms with Crippen molar-refractivity contribution in [3.63, 3.8) is 0 Å². The van der Waals surface area contributed by atoms with E-state index in [4.69, 9.17) is 4.74 Å². The maximum atomic E-state index is 11.6. The second kappa shape index (κ2) is 10.4. The maximum absolute atomic E-state index is 11.6. The summed E-state index contributed by atoms with van der Waals surface area (Å²) >= 11 is 0. The van der Waals surface area contributed by atoms with Crippen LogP contribution in [-0.4, -0.2) is 61.9 Å². The molecule has 1 amide bonds. The van der Waals surface area contributed by atoms with Crippen LogP contribution in [0.15, 0.2) is 0 Å². The monoisotopic (exact) mass is 350 g/mol. The number of hydrogen-bond donors (Lipinski definition) is 0. The topological polar surface area (TPSA) is 29.5 Å². The summed E-state index contributed by atoms with van der Waals surface area (Å²) in [6, 6.07) is 0. The van der Waals surface area contributed by atoms with Crippen molar-refractivity contribution in [2.75, 3.05) is 46.4 Å². The van der Waals surface area contributed by atoms with E-state index in [0.717, 1.165) is 30.7 Å². The summed E-state index contributed by atoms with van der Waals surface area (Å²) in [7, 11) is 2.32. The van der Waals surface area contributed by atoms with Crippen LogP contribution < -0.4 is 17.0 Å². The van der Waals surface area contributed by atoms with Crippen molar-refractivity contribution >= 4 is 6.09 Å². The molecule has 5 heteroatoms. The third-order valence-corrected chi connectivity index (χ3v) is 4.15. The van der Waals surface area contributed by atoms with E-state index in [0.29, 0.717) is 6.61 Å². The van der Waals surface area contributed by atoms with Gasteiger partial charge < -0.3 is 26.2 Å². The van der Waals surface area contributed by atoms with Gasteiger partial charge in [-0.3, -0.25) is 4.90 Å². The summed E-state index contributed by atoms with van der Waals surface area (Å²) in [6.07, 6.45) is 6.56. The average Bonchev–Trinajstić information content (AvgIpc) is 2.39. The highest BCUT2D eigenvalue weighted by atomic mass is 79.9. The summed E-state index contributed by atoms with van der Waals surface area (Å²) in [5.41, 5.74) is 0. The Hall–Kier alpha value is -0.290. The summed E-state index contributed by atoms with van der Waals surface area (Å²) in [6.45, 7) is 9.63. The molecule has 0 bridgehead atoms. The zero-order chi connectivity index (χ0) is 14.1. The molecule has 20 heavy (non-hydrogen) atoms. The van der Waals surface area contributed by atoms with E-state index in [1.165, 1.54) is 38.6 Å². The summed E-state index contributed by atoms with van der Waals surface area (Å²) in [4.78, 5) is 13.5. The van der Waals surface area contributed by atoms with E-state index in [1.54, 1.807) is 0 Å². The number of nitrogens with zero attached hydrogens (tertiary/aromatic N) is 2. The number of amides is 1. The molecule has 1 rings (SSSR count). The Kier molecular flexibility index (Phi) is 10.3. The lowest BCUT2D eigenvalue weighted by Gasteiger charge is -2.41. The van der Waals surface area contributed by atoms with Crippen molar-refractivity contribution in [2.24, 2.45) is 0 Å². The summed E-state index contributed by atoms with van der Waals surface area (Å²) < 4.78 is 6.17. The van der Waals surface area contributed by atoms with Gasteiger partial charge >= 0.3 is 6.09 Å². The Labute approximate surface area is 134 Å². The second-order valence-electron chi connectivity index (χ2n) is 5.89. The van der Waals surface area contributed by atoms with Crippen LogP contribution in [0.1, 0.15) is 46.0 Å². The number of likely N-dealkylation sites (N-methyl/N-ethyl adjacent to an activating group) is 1. The van der Waals surface area contributed by atoms with Gasteiger partial charge in [-0.2, -0.15) is 0 Å². The Balaban J connectivity index is 0.00000361. The molecule has 1 heterocycles. The molecule has 0 aromatic rings. The molecule has 1 aliphatic heterocycles. The molecule has 0 aliphatic carbocycles. The molecule has 0 aromatic heterocycles. The number of quaternary nitrogens is 1. The van der Waals surface area contributed by atoms with Crippen molar-refractivity contribution in [1.82, 2.24) is 4.90 Å². The van der Waals surface area contributed by atoms with E-state index < -0.39 is 0 Å². The molecular weight excluding hydrogens is 320 g/mol. The Morgan fingerprint density at radius 1 is 1.10 bits per heavy atom. The fraction of sp³-hybridized carbons (Fsp3) is 0.933. The van der Waals surface area contributed by atoms with Crippen LogP contribution in [0, 0.1) is 0 Å². The standard InChI is InChI=1S/C15H31N2O2.BrH/c1-4-6-7-8-9-12-17(3)13-10-16(11-14-17)15(18)19-5-2;/h4-14H2,1-3H3;1H/q+1;/p-1. The lowest BCUT2D eigenvalue weighted by Crippen LogP contribution is -3.00. The second-order valence-corrected chi connectivity index (χ2v) is 5.89. The first kappa shape index (κ1) is 19.7. The van der Waals surface area contributed by atoms with Crippen LogP contribution in [0.4, 0.5) is 4.79 Å². The normalized spacial score (nSPS) is 17.4. The minimum absolute atomic E-state index is 0. The van der Waals surface area contributed by atoms with Crippen LogP contribution in [0.2, 0.25) is 0 Å². The van der Waals surface area contributed by atoms with Gasteiger partial charge in [-0.1, -0.05) is 26.2 Å². The van der Waals surface area contributed by atoms with Gasteiger partial charge in [0, 0.05) is 0 Å². The molecule has 120 valence electrons. The fourth-order valence-electron chi connectivity index (χ4n) is 2.67. The van der Waals surface area contributed by atoms with Gasteiger partial charge in [0.05, 0.1) is 46.4 Å². The number of ether oxygens (including phenoxy) is 1. The minimum Gasteiger partial charge on any atom is -1.00 e. The number of piperazine rings is 1. The van der Waals surface area contributed by atoms with E-state index in [9.17, 15) is 4.79 Å². The first-order valence-electron chi connectivity index (χ1n) is 7.86. The fourth-order valence-corrected chi connectivity index (χ4v) is 2.67. The Bertz CT molecular complexity index is 267. The molecule has 0 radical (unpaired) electrons. The first-order valence-corrected chi connectivity index (χ1v) is 7.86. The number of carbonyl (C=O) groups excluding carboxylic acids is 1. The first-order chi connectivity index (χ1) is 9.11. The number of hydrogen-bond acceptors (Lipinski definition) is 2. The van der Waals surface area contributed by atoms with Crippen molar-refractivity contribution < 1.29 is 31.0 Å². The van der Waals surface area contributed by atoms with Gasteiger partial charge in [0.2, 0.25) is 0 Å². The number of carbonyl (C=O) groups is 1. The van der Waals surface area contributed by atoms with Crippen molar-refractivity contribution in [3.05, 3.63) is 0 Å². The van der Waals surface area contributed by atoms with E-state index in [-0.39, 0.29) is 23.1 Å². The van der Waals surface area contributed by atoms with Crippen molar-refractivity contribution in [2.45, 2.75) is 46.0 Å². The van der Waals surface area contributed by atoms with Gasteiger partial charge in [-0.25, -0.2) is 4.79 Å². The van der Waals surface area contributed by atoms with Crippen LogP contribution in [-0.2, 0) is 4.74 Å². The molecule has 1 aliphatic rings. The Morgan fingerprint density at radius 3 is 2.25 bits per heavy atom. The van der Waals surface area contributed by atoms with E-state index >= 15 is 0 Å². The van der Waals surface area contributed by atoms with Crippen LogP contribution in [0.25, 0.3) is 0 Å². The molecule has 4 nitrogen and oxygen atoms in total. The number of rotatable bonds is 7. The van der Waals surface area contributed by atoms with Crippen LogP contribution in [0.5, 0.6) is 0 Å². The SMILES string of the molecule is CCCCCCC[N+]1(C)CCN(C(=O)OCC)CC1.[Br-]. The summed E-state index contributed by atoms with van der Waals surface area (Å²) in [5.74, 6) is 0. The molecule has 0 N–H and O–H groups in total. The minimum atomic E-state index is -0.142. The summed E-state index contributed by atoms with van der Waals surface area (Å²) in [5, 5.41) is 0. The lowest BCUT2D eigenvalue weighted by atomic mass is 10.1. The molecule has 1 fully saturated rings. The highest BCUT2D eigenvalue weighted by molar-refractivity contribution is 5.67. The Morgan fingerprint density at radius 2 is 1.70 bits per heavy atom. The third-order valence-electron chi connectivity index (χ3n) is 4.15. The molecule has 0 spiro atoms. The van der Waals surface area contributed by atoms with Crippen molar-refractivity contribution in [3.8, 4) is 0 Å². The highest BCUT2D eigenvalue weighted by Gasteiger charge is 2.30. The molecule has 0 unspecified atom stereocenters. The van der Waals surface area contributed by atoms with Gasteiger partial charge in [-0.15, -0.1) is 0 Å². The largest absolute Gasteiger partial charge is 1.00 e. The van der Waals surface area contributed by atoms with Gasteiger partial charge in [0.25, 0.3) is 0 Å². The highest BCUT2D eigenvalue weighted by Crippen LogP contribution is 2.14. The molecule has 0 saturated carbocycles. The van der Waals surface area contributed by atoms with E-state index in [2.05, 4.69) is 14.0 Å². The van der Waals surface area contributed by atoms with Gasteiger partial charge in [0.15, 0.2) is 0 Å². The van der Waals surface area contributed by atoms with Gasteiger partial charge in [0.1, 0.15) is 0 Å².